The minimum atomic E-state index is 0.118. The molecule has 22 heavy (non-hydrogen) atoms. The van der Waals surface area contributed by atoms with Crippen molar-refractivity contribution in [3.8, 4) is 0 Å². The number of amides is 1. The second-order valence-corrected chi connectivity index (χ2v) is 6.09. The lowest BCUT2D eigenvalue weighted by molar-refractivity contribution is -0.121. The number of aromatic nitrogens is 2. The molecule has 0 fully saturated rings. The number of hydrogen-bond acceptors (Lipinski definition) is 2. The molecule has 1 N–H and O–H groups in total. The van der Waals surface area contributed by atoms with E-state index in [4.69, 9.17) is 0 Å². The molecule has 0 saturated carbocycles. The van der Waals surface area contributed by atoms with E-state index in [0.29, 0.717) is 18.9 Å². The van der Waals surface area contributed by atoms with Crippen LogP contribution in [-0.4, -0.2) is 22.0 Å². The molecule has 0 saturated heterocycles. The van der Waals surface area contributed by atoms with Gasteiger partial charge in [0, 0.05) is 37.8 Å². The van der Waals surface area contributed by atoms with E-state index < -0.39 is 0 Å². The van der Waals surface area contributed by atoms with Crippen LogP contribution in [0.1, 0.15) is 37.4 Å². The molecule has 0 atom stereocenters. The highest BCUT2D eigenvalue weighted by Gasteiger charge is 2.09. The number of aryl methyl sites for hydroxylation is 1. The zero-order chi connectivity index (χ0) is 15.9. The summed E-state index contributed by atoms with van der Waals surface area (Å²) < 4.78 is 2.21. The van der Waals surface area contributed by atoms with Crippen molar-refractivity contribution in [3.63, 3.8) is 0 Å². The van der Waals surface area contributed by atoms with E-state index in [1.165, 1.54) is 5.56 Å². The van der Waals surface area contributed by atoms with Gasteiger partial charge in [0.25, 0.3) is 0 Å². The smallest absolute Gasteiger partial charge is 0.220 e. The zero-order valence-corrected chi connectivity index (χ0v) is 13.7. The number of carbonyl (C=O) groups excluding carboxylic acids is 1. The van der Waals surface area contributed by atoms with Crippen molar-refractivity contribution in [1.82, 2.24) is 14.9 Å². The standard InChI is InChI=1S/C18H25N3O/c1-14(2)11-18(22)19-10-9-17-20-12-15(3)21(17)13-16-7-5-4-6-8-16/h4-8,12,14H,9-11,13H2,1-3H3,(H,19,22). The first-order chi connectivity index (χ1) is 10.6. The molecule has 0 aliphatic rings. The van der Waals surface area contributed by atoms with Gasteiger partial charge in [-0.15, -0.1) is 0 Å². The van der Waals surface area contributed by atoms with Gasteiger partial charge in [0.05, 0.1) is 0 Å². The first-order valence-electron chi connectivity index (χ1n) is 7.88. The monoisotopic (exact) mass is 299 g/mol. The maximum atomic E-state index is 11.7. The van der Waals surface area contributed by atoms with E-state index in [2.05, 4.69) is 47.8 Å². The fourth-order valence-electron chi connectivity index (χ4n) is 2.45. The lowest BCUT2D eigenvalue weighted by atomic mass is 10.1. The Hall–Kier alpha value is -2.10. The number of nitrogens with one attached hydrogen (secondary N) is 1. The number of imidazole rings is 1. The van der Waals surface area contributed by atoms with E-state index in [1.807, 2.05) is 24.4 Å². The van der Waals surface area contributed by atoms with Gasteiger partial charge in [0.1, 0.15) is 5.82 Å². The summed E-state index contributed by atoms with van der Waals surface area (Å²) >= 11 is 0. The van der Waals surface area contributed by atoms with Gasteiger partial charge in [-0.25, -0.2) is 4.98 Å². The third-order valence-corrected chi connectivity index (χ3v) is 3.59. The third-order valence-electron chi connectivity index (χ3n) is 3.59. The van der Waals surface area contributed by atoms with Crippen LogP contribution in [-0.2, 0) is 17.8 Å². The van der Waals surface area contributed by atoms with Crippen LogP contribution < -0.4 is 5.32 Å². The Labute approximate surface area is 132 Å². The maximum Gasteiger partial charge on any atom is 0.220 e. The van der Waals surface area contributed by atoms with Gasteiger partial charge in [-0.1, -0.05) is 44.2 Å². The number of hydrogen-bond donors (Lipinski definition) is 1. The molecule has 118 valence electrons. The molecule has 0 aliphatic heterocycles. The molecule has 1 aromatic heterocycles. The summed E-state index contributed by atoms with van der Waals surface area (Å²) in [6.45, 7) is 7.63. The third kappa shape index (κ3) is 4.72. The van der Waals surface area contributed by atoms with Crippen molar-refractivity contribution in [2.24, 2.45) is 5.92 Å². The van der Waals surface area contributed by atoms with E-state index in [-0.39, 0.29) is 5.91 Å². The number of rotatable bonds is 7. The fraction of sp³-hybridized carbons (Fsp3) is 0.444. The minimum absolute atomic E-state index is 0.118. The minimum Gasteiger partial charge on any atom is -0.356 e. The molecule has 0 spiro atoms. The molecule has 0 bridgehead atoms. The van der Waals surface area contributed by atoms with Crippen molar-refractivity contribution in [3.05, 3.63) is 53.6 Å². The first-order valence-corrected chi connectivity index (χ1v) is 7.88. The van der Waals surface area contributed by atoms with Crippen LogP contribution in [0.15, 0.2) is 36.5 Å². The van der Waals surface area contributed by atoms with Gasteiger partial charge in [0.15, 0.2) is 0 Å². The van der Waals surface area contributed by atoms with Gasteiger partial charge in [-0.3, -0.25) is 4.79 Å². The molecular weight excluding hydrogens is 274 g/mol. The van der Waals surface area contributed by atoms with Crippen LogP contribution in [0.3, 0.4) is 0 Å². The van der Waals surface area contributed by atoms with Crippen molar-refractivity contribution in [1.29, 1.82) is 0 Å². The SMILES string of the molecule is Cc1cnc(CCNC(=O)CC(C)C)n1Cc1ccccc1. The van der Waals surface area contributed by atoms with Gasteiger partial charge in [-0.05, 0) is 18.4 Å². The average Bonchev–Trinajstić information content (AvgIpc) is 2.81. The van der Waals surface area contributed by atoms with Crippen molar-refractivity contribution in [2.45, 2.75) is 40.2 Å². The normalized spacial score (nSPS) is 10.9. The Balaban J connectivity index is 1.93. The van der Waals surface area contributed by atoms with Crippen LogP contribution in [0.2, 0.25) is 0 Å². The van der Waals surface area contributed by atoms with Crippen LogP contribution in [0.4, 0.5) is 0 Å². The Bertz CT molecular complexity index is 602. The van der Waals surface area contributed by atoms with Crippen LogP contribution in [0.5, 0.6) is 0 Å². The number of carbonyl (C=O) groups is 1. The molecular formula is C18H25N3O. The highest BCUT2D eigenvalue weighted by Crippen LogP contribution is 2.10. The van der Waals surface area contributed by atoms with Crippen molar-refractivity contribution >= 4 is 5.91 Å². The summed E-state index contributed by atoms with van der Waals surface area (Å²) in [6.07, 6.45) is 3.23. The lowest BCUT2D eigenvalue weighted by Gasteiger charge is -2.11. The molecule has 4 heteroatoms. The molecule has 1 amide bonds. The van der Waals surface area contributed by atoms with Crippen molar-refractivity contribution < 1.29 is 4.79 Å². The summed E-state index contributed by atoms with van der Waals surface area (Å²) in [5, 5.41) is 2.97. The van der Waals surface area contributed by atoms with Gasteiger partial charge < -0.3 is 9.88 Å². The summed E-state index contributed by atoms with van der Waals surface area (Å²) in [6, 6.07) is 10.4. The quantitative estimate of drug-likeness (QED) is 0.854. The fourth-order valence-corrected chi connectivity index (χ4v) is 2.45. The second-order valence-electron chi connectivity index (χ2n) is 6.09. The second kappa shape index (κ2) is 7.78. The van der Waals surface area contributed by atoms with E-state index in [9.17, 15) is 4.79 Å². The van der Waals surface area contributed by atoms with Gasteiger partial charge in [-0.2, -0.15) is 0 Å². The Morgan fingerprint density at radius 3 is 2.68 bits per heavy atom. The average molecular weight is 299 g/mol. The number of benzene rings is 1. The summed E-state index contributed by atoms with van der Waals surface area (Å²) in [7, 11) is 0. The summed E-state index contributed by atoms with van der Waals surface area (Å²) in [5.74, 6) is 1.53. The van der Waals surface area contributed by atoms with Gasteiger partial charge in [0.2, 0.25) is 5.91 Å². The Kier molecular flexibility index (Phi) is 5.75. The molecule has 2 aromatic rings. The molecule has 4 nitrogen and oxygen atoms in total. The highest BCUT2D eigenvalue weighted by molar-refractivity contribution is 5.76. The Morgan fingerprint density at radius 1 is 1.27 bits per heavy atom. The largest absolute Gasteiger partial charge is 0.356 e. The first kappa shape index (κ1) is 16.3. The Morgan fingerprint density at radius 2 is 2.00 bits per heavy atom. The predicted octanol–water partition coefficient (Wildman–Crippen LogP) is 2.94. The van der Waals surface area contributed by atoms with Crippen LogP contribution in [0.25, 0.3) is 0 Å². The van der Waals surface area contributed by atoms with Crippen LogP contribution >= 0.6 is 0 Å². The molecule has 0 aliphatic carbocycles. The maximum absolute atomic E-state index is 11.7. The molecule has 0 radical (unpaired) electrons. The van der Waals surface area contributed by atoms with Crippen LogP contribution in [0, 0.1) is 12.8 Å². The summed E-state index contributed by atoms with van der Waals surface area (Å²) in [4.78, 5) is 16.2. The van der Waals surface area contributed by atoms with Gasteiger partial charge >= 0.3 is 0 Å². The topological polar surface area (TPSA) is 46.9 Å². The lowest BCUT2D eigenvalue weighted by Crippen LogP contribution is -2.27. The highest BCUT2D eigenvalue weighted by atomic mass is 16.1. The predicted molar refractivity (Wildman–Crippen MR) is 88.7 cm³/mol. The molecule has 2 rings (SSSR count). The molecule has 0 unspecified atom stereocenters. The number of nitrogens with zero attached hydrogens (tertiary/aromatic N) is 2. The molecule has 1 heterocycles. The summed E-state index contributed by atoms with van der Waals surface area (Å²) in [5.41, 5.74) is 2.40. The van der Waals surface area contributed by atoms with Crippen molar-refractivity contribution in [2.75, 3.05) is 6.54 Å². The molecule has 1 aromatic carbocycles. The van der Waals surface area contributed by atoms with E-state index in [0.717, 1.165) is 24.5 Å². The zero-order valence-electron chi connectivity index (χ0n) is 13.7. The van der Waals surface area contributed by atoms with E-state index in [1.54, 1.807) is 0 Å². The van der Waals surface area contributed by atoms with E-state index >= 15 is 0 Å².